The second-order valence-corrected chi connectivity index (χ2v) is 2.81. The van der Waals surface area contributed by atoms with Crippen molar-refractivity contribution >= 4 is 0 Å². The smallest absolute Gasteiger partial charge is 0.0169 e. The molecule has 0 aromatic rings. The molecule has 1 aliphatic heterocycles. The van der Waals surface area contributed by atoms with E-state index in [1.165, 1.54) is 25.9 Å². The summed E-state index contributed by atoms with van der Waals surface area (Å²) in [5.74, 6) is 0. The first-order chi connectivity index (χ1) is 4.93. The van der Waals surface area contributed by atoms with Crippen LogP contribution in [0, 0.1) is 6.08 Å². The number of unbranched alkanes of at least 4 members (excludes halogenated alkanes) is 1. The van der Waals surface area contributed by atoms with Crippen LogP contribution in [0.1, 0.15) is 26.2 Å². The Morgan fingerprint density at radius 2 is 2.50 bits per heavy atom. The predicted molar refractivity (Wildman–Crippen MR) is 43.8 cm³/mol. The largest absolute Gasteiger partial charge is 0.299 e. The zero-order valence-corrected chi connectivity index (χ0v) is 6.77. The van der Waals surface area contributed by atoms with Crippen LogP contribution in [-0.2, 0) is 0 Å². The molecule has 1 aliphatic rings. The van der Waals surface area contributed by atoms with Gasteiger partial charge in [0.25, 0.3) is 0 Å². The highest BCUT2D eigenvalue weighted by atomic mass is 15.1. The van der Waals surface area contributed by atoms with E-state index in [2.05, 4.69) is 24.0 Å². The van der Waals surface area contributed by atoms with Gasteiger partial charge in [0.15, 0.2) is 0 Å². The van der Waals surface area contributed by atoms with Gasteiger partial charge in [-0.05, 0) is 25.5 Å². The van der Waals surface area contributed by atoms with Gasteiger partial charge in [-0.25, -0.2) is 0 Å². The molecule has 0 aromatic carbocycles. The molecule has 1 nitrogen and oxygen atoms in total. The van der Waals surface area contributed by atoms with Crippen molar-refractivity contribution in [3.63, 3.8) is 0 Å². The summed E-state index contributed by atoms with van der Waals surface area (Å²) in [5.41, 5.74) is 0. The highest BCUT2D eigenvalue weighted by Gasteiger charge is 2.03. The van der Waals surface area contributed by atoms with Crippen LogP contribution in [-0.4, -0.2) is 24.5 Å². The summed E-state index contributed by atoms with van der Waals surface area (Å²) in [4.78, 5) is 2.49. The van der Waals surface area contributed by atoms with E-state index in [0.717, 1.165) is 13.0 Å². The molecule has 0 amide bonds. The fourth-order valence-corrected chi connectivity index (χ4v) is 1.19. The Morgan fingerprint density at radius 3 is 3.10 bits per heavy atom. The minimum absolute atomic E-state index is 1.12. The topological polar surface area (TPSA) is 3.24 Å². The number of nitrogens with zero attached hydrogens (tertiary/aromatic N) is 1. The van der Waals surface area contributed by atoms with Gasteiger partial charge in [-0.15, -0.1) is 0 Å². The molecule has 1 radical (unpaired) electrons. The highest BCUT2D eigenvalue weighted by Crippen LogP contribution is 2.01. The maximum Gasteiger partial charge on any atom is 0.0169 e. The van der Waals surface area contributed by atoms with Crippen molar-refractivity contribution < 1.29 is 0 Å². The third-order valence-electron chi connectivity index (χ3n) is 1.89. The molecule has 1 rings (SSSR count). The summed E-state index contributed by atoms with van der Waals surface area (Å²) in [7, 11) is 0. The molecule has 0 atom stereocenters. The van der Waals surface area contributed by atoms with Crippen LogP contribution in [0.3, 0.4) is 0 Å². The Kier molecular flexibility index (Phi) is 3.52. The van der Waals surface area contributed by atoms with Crippen LogP contribution >= 0.6 is 0 Å². The molecule has 0 unspecified atom stereocenters. The molecule has 57 valence electrons. The number of hydrogen-bond donors (Lipinski definition) is 0. The van der Waals surface area contributed by atoms with Crippen molar-refractivity contribution in [1.82, 2.24) is 4.90 Å². The molecule has 0 fully saturated rings. The Morgan fingerprint density at radius 1 is 1.60 bits per heavy atom. The lowest BCUT2D eigenvalue weighted by Crippen LogP contribution is -2.28. The monoisotopic (exact) mass is 138 g/mol. The van der Waals surface area contributed by atoms with E-state index >= 15 is 0 Å². The summed E-state index contributed by atoms with van der Waals surface area (Å²) in [6, 6.07) is 0. The van der Waals surface area contributed by atoms with Crippen LogP contribution < -0.4 is 0 Å². The first-order valence-corrected chi connectivity index (χ1v) is 4.21. The van der Waals surface area contributed by atoms with Gasteiger partial charge in [-0.2, -0.15) is 0 Å². The lowest BCUT2D eigenvalue weighted by Gasteiger charge is -2.21. The first kappa shape index (κ1) is 7.80. The van der Waals surface area contributed by atoms with Gasteiger partial charge >= 0.3 is 0 Å². The lowest BCUT2D eigenvalue weighted by molar-refractivity contribution is 0.291. The molecule has 1 heteroatoms. The van der Waals surface area contributed by atoms with E-state index in [4.69, 9.17) is 0 Å². The maximum absolute atomic E-state index is 3.22. The van der Waals surface area contributed by atoms with Gasteiger partial charge in [0.05, 0.1) is 0 Å². The minimum atomic E-state index is 1.12. The van der Waals surface area contributed by atoms with Crippen LogP contribution in [0.2, 0.25) is 0 Å². The maximum atomic E-state index is 3.22. The van der Waals surface area contributed by atoms with Crippen molar-refractivity contribution in [2.45, 2.75) is 26.2 Å². The molecule has 10 heavy (non-hydrogen) atoms. The first-order valence-electron chi connectivity index (χ1n) is 4.21. The van der Waals surface area contributed by atoms with Crippen molar-refractivity contribution in [3.8, 4) is 0 Å². The normalized spacial score (nSPS) is 19.7. The number of hydrogen-bond acceptors (Lipinski definition) is 1. The number of rotatable bonds is 3. The highest BCUT2D eigenvalue weighted by molar-refractivity contribution is 4.84. The Bertz CT molecular complexity index is 107. The molecule has 0 spiro atoms. The van der Waals surface area contributed by atoms with E-state index in [1.54, 1.807) is 0 Å². The summed E-state index contributed by atoms with van der Waals surface area (Å²) in [6.07, 6.45) is 9.16. The van der Waals surface area contributed by atoms with Gasteiger partial charge in [0, 0.05) is 13.1 Å². The average molecular weight is 138 g/mol. The van der Waals surface area contributed by atoms with E-state index in [-0.39, 0.29) is 0 Å². The second-order valence-electron chi connectivity index (χ2n) is 2.81. The Labute approximate surface area is 63.7 Å². The molecular formula is C9H16N. The fraction of sp³-hybridized carbons (Fsp3) is 0.778. The minimum Gasteiger partial charge on any atom is -0.299 e. The molecule has 0 aromatic heterocycles. The molecule has 0 N–H and O–H groups in total. The van der Waals surface area contributed by atoms with Crippen LogP contribution in [0.25, 0.3) is 0 Å². The van der Waals surface area contributed by atoms with Crippen molar-refractivity contribution in [1.29, 1.82) is 0 Å². The van der Waals surface area contributed by atoms with Crippen LogP contribution in [0.4, 0.5) is 0 Å². The predicted octanol–water partition coefficient (Wildman–Crippen LogP) is 1.85. The quantitative estimate of drug-likeness (QED) is 0.575. The summed E-state index contributed by atoms with van der Waals surface area (Å²) in [5, 5.41) is 0. The standard InChI is InChI=1S/C9H16N/c1-2-3-7-10-8-5-4-6-9-10/h5H,2-3,6-9H2,1H3. The zero-order chi connectivity index (χ0) is 7.23. The summed E-state index contributed by atoms with van der Waals surface area (Å²) in [6.45, 7) is 5.86. The molecule has 0 saturated heterocycles. The lowest BCUT2D eigenvalue weighted by atomic mass is 10.2. The van der Waals surface area contributed by atoms with Crippen LogP contribution in [0.5, 0.6) is 0 Å². The fourth-order valence-electron chi connectivity index (χ4n) is 1.19. The molecule has 0 aliphatic carbocycles. The zero-order valence-electron chi connectivity index (χ0n) is 6.77. The summed E-state index contributed by atoms with van der Waals surface area (Å²) >= 11 is 0. The molecule has 1 heterocycles. The summed E-state index contributed by atoms with van der Waals surface area (Å²) < 4.78 is 0. The average Bonchev–Trinajstić information content (AvgIpc) is 2.03. The van der Waals surface area contributed by atoms with Crippen molar-refractivity contribution in [2.75, 3.05) is 19.6 Å². The van der Waals surface area contributed by atoms with Crippen molar-refractivity contribution in [2.24, 2.45) is 0 Å². The van der Waals surface area contributed by atoms with E-state index in [9.17, 15) is 0 Å². The van der Waals surface area contributed by atoms with E-state index in [1.807, 2.05) is 0 Å². The van der Waals surface area contributed by atoms with Gasteiger partial charge in [0.2, 0.25) is 0 Å². The van der Waals surface area contributed by atoms with Gasteiger partial charge in [0.1, 0.15) is 0 Å². The van der Waals surface area contributed by atoms with Crippen molar-refractivity contribution in [3.05, 3.63) is 12.2 Å². The molecule has 0 saturated carbocycles. The third-order valence-corrected chi connectivity index (χ3v) is 1.89. The van der Waals surface area contributed by atoms with Gasteiger partial charge in [-0.3, -0.25) is 4.90 Å². The van der Waals surface area contributed by atoms with Gasteiger partial charge < -0.3 is 0 Å². The molecule has 0 bridgehead atoms. The second kappa shape index (κ2) is 4.51. The van der Waals surface area contributed by atoms with Crippen LogP contribution in [0.15, 0.2) is 6.08 Å². The Balaban J connectivity index is 2.10. The third kappa shape index (κ3) is 2.53. The SMILES string of the molecule is CCCCN1CC=[C]CC1. The van der Waals surface area contributed by atoms with E-state index < -0.39 is 0 Å². The Hall–Kier alpha value is -0.300. The van der Waals surface area contributed by atoms with Gasteiger partial charge in [-0.1, -0.05) is 19.4 Å². The molecular weight excluding hydrogens is 122 g/mol. The van der Waals surface area contributed by atoms with E-state index in [0.29, 0.717) is 0 Å².